The Labute approximate surface area is 96.6 Å². The Hall–Kier alpha value is -1.53. The molecule has 1 aromatic carbocycles. The van der Waals surface area contributed by atoms with Crippen LogP contribution in [0, 0.1) is 11.3 Å². The summed E-state index contributed by atoms with van der Waals surface area (Å²) >= 11 is 3.34. The molecule has 3 heteroatoms. The zero-order valence-corrected chi connectivity index (χ0v) is 9.66. The van der Waals surface area contributed by atoms with E-state index in [2.05, 4.69) is 33.1 Å². The van der Waals surface area contributed by atoms with E-state index in [0.717, 1.165) is 21.9 Å². The van der Waals surface area contributed by atoms with Crippen LogP contribution in [0.4, 0.5) is 0 Å². The molecule has 74 valence electrons. The minimum atomic E-state index is 0.714. The van der Waals surface area contributed by atoms with Crippen LogP contribution >= 0.6 is 15.9 Å². The number of benzene rings is 1. The van der Waals surface area contributed by atoms with Crippen molar-refractivity contribution in [3.05, 3.63) is 47.1 Å². The molecule has 0 unspecified atom stereocenters. The summed E-state index contributed by atoms with van der Waals surface area (Å²) in [5, 5.41) is 9.93. The fourth-order valence-electron chi connectivity index (χ4n) is 1.64. The summed E-state index contributed by atoms with van der Waals surface area (Å²) in [6, 6.07) is 9.88. The Morgan fingerprint density at radius 2 is 2.27 bits per heavy atom. The summed E-state index contributed by atoms with van der Waals surface area (Å²) in [6.45, 7) is 4.53. The molecule has 0 N–H and O–H groups in total. The highest BCUT2D eigenvalue weighted by molar-refractivity contribution is 9.11. The molecule has 0 amide bonds. The van der Waals surface area contributed by atoms with E-state index in [9.17, 15) is 0 Å². The second-order valence-corrected chi connectivity index (χ2v) is 4.43. The van der Waals surface area contributed by atoms with E-state index in [1.807, 2.05) is 30.5 Å². The molecule has 0 bridgehead atoms. The van der Waals surface area contributed by atoms with Gasteiger partial charge in [0.05, 0.1) is 18.2 Å². The zero-order chi connectivity index (χ0) is 10.8. The number of aromatic nitrogens is 1. The molecule has 15 heavy (non-hydrogen) atoms. The molecule has 0 spiro atoms. The Balaban J connectivity index is 2.62. The van der Waals surface area contributed by atoms with Crippen molar-refractivity contribution < 1.29 is 0 Å². The van der Waals surface area contributed by atoms with Crippen LogP contribution in [-0.4, -0.2) is 4.57 Å². The maximum Gasteiger partial charge on any atom is 0.0998 e. The van der Waals surface area contributed by atoms with E-state index in [-0.39, 0.29) is 0 Å². The molecule has 0 aliphatic heterocycles. The number of allylic oxidation sites excluding steroid dienone is 1. The van der Waals surface area contributed by atoms with Crippen molar-refractivity contribution in [2.75, 3.05) is 0 Å². The number of halogens is 1. The molecule has 0 radical (unpaired) electrons. The van der Waals surface area contributed by atoms with Gasteiger partial charge < -0.3 is 4.57 Å². The van der Waals surface area contributed by atoms with E-state index in [1.54, 1.807) is 0 Å². The number of hydrogen-bond acceptors (Lipinski definition) is 1. The monoisotopic (exact) mass is 260 g/mol. The van der Waals surface area contributed by atoms with Crippen molar-refractivity contribution in [3.8, 4) is 6.07 Å². The first-order valence-corrected chi connectivity index (χ1v) is 5.33. The Morgan fingerprint density at radius 1 is 1.47 bits per heavy atom. The minimum absolute atomic E-state index is 0.714. The molecule has 2 aromatic rings. The third-order valence-electron chi connectivity index (χ3n) is 2.28. The molecule has 0 fully saturated rings. The first kappa shape index (κ1) is 10.0. The van der Waals surface area contributed by atoms with Crippen LogP contribution in [0.2, 0.25) is 0 Å². The largest absolute Gasteiger partial charge is 0.343 e. The molecule has 2 nitrogen and oxygen atoms in total. The summed E-state index contributed by atoms with van der Waals surface area (Å²) in [5.74, 6) is 0. The first-order valence-electron chi connectivity index (χ1n) is 4.53. The van der Waals surface area contributed by atoms with Gasteiger partial charge in [0.15, 0.2) is 0 Å². The molecule has 0 aliphatic rings. The smallest absolute Gasteiger partial charge is 0.0998 e. The summed E-state index contributed by atoms with van der Waals surface area (Å²) in [5.41, 5.74) is 1.78. The van der Waals surface area contributed by atoms with Crippen molar-refractivity contribution in [2.24, 2.45) is 0 Å². The van der Waals surface area contributed by atoms with Gasteiger partial charge in [0, 0.05) is 21.6 Å². The highest BCUT2D eigenvalue weighted by atomic mass is 79.9. The lowest BCUT2D eigenvalue weighted by Crippen LogP contribution is -1.94. The van der Waals surface area contributed by atoms with Crippen molar-refractivity contribution in [1.29, 1.82) is 5.26 Å². The zero-order valence-electron chi connectivity index (χ0n) is 8.07. The average molecular weight is 261 g/mol. The predicted molar refractivity (Wildman–Crippen MR) is 64.7 cm³/mol. The van der Waals surface area contributed by atoms with Crippen molar-refractivity contribution in [1.82, 2.24) is 4.57 Å². The SMILES string of the molecule is C=C(Br)Cn1ccc2c(C#N)cccc21. The molecule has 1 aromatic heterocycles. The predicted octanol–water partition coefficient (Wildman–Crippen LogP) is 3.42. The van der Waals surface area contributed by atoms with Crippen molar-refractivity contribution >= 4 is 26.8 Å². The van der Waals surface area contributed by atoms with Crippen LogP contribution in [0.25, 0.3) is 10.9 Å². The van der Waals surface area contributed by atoms with Gasteiger partial charge in [-0.05, 0) is 18.2 Å². The second-order valence-electron chi connectivity index (χ2n) is 3.31. The van der Waals surface area contributed by atoms with Crippen LogP contribution in [0.15, 0.2) is 41.5 Å². The van der Waals surface area contributed by atoms with Crippen LogP contribution < -0.4 is 0 Å². The maximum absolute atomic E-state index is 8.94. The van der Waals surface area contributed by atoms with E-state index < -0.39 is 0 Å². The van der Waals surface area contributed by atoms with Gasteiger partial charge in [-0.1, -0.05) is 28.6 Å². The lowest BCUT2D eigenvalue weighted by molar-refractivity contribution is 0.858. The number of fused-ring (bicyclic) bond motifs is 1. The van der Waals surface area contributed by atoms with Gasteiger partial charge in [0.1, 0.15) is 0 Å². The van der Waals surface area contributed by atoms with E-state index in [4.69, 9.17) is 5.26 Å². The lowest BCUT2D eigenvalue weighted by atomic mass is 10.1. The van der Waals surface area contributed by atoms with Crippen LogP contribution in [-0.2, 0) is 6.54 Å². The fourth-order valence-corrected chi connectivity index (χ4v) is 1.91. The molecule has 1 heterocycles. The van der Waals surface area contributed by atoms with Crippen LogP contribution in [0.1, 0.15) is 5.56 Å². The van der Waals surface area contributed by atoms with E-state index in [0.29, 0.717) is 5.56 Å². The number of rotatable bonds is 2. The normalized spacial score (nSPS) is 10.1. The Morgan fingerprint density at radius 3 is 2.93 bits per heavy atom. The third-order valence-corrected chi connectivity index (χ3v) is 2.53. The molecule has 2 rings (SSSR count). The second kappa shape index (κ2) is 3.92. The summed E-state index contributed by atoms with van der Waals surface area (Å²) in [4.78, 5) is 0. The molecule has 0 aliphatic carbocycles. The molecular formula is C12H9BrN2. The number of nitrogens with zero attached hydrogens (tertiary/aromatic N) is 2. The van der Waals surface area contributed by atoms with E-state index >= 15 is 0 Å². The first-order chi connectivity index (χ1) is 7.22. The van der Waals surface area contributed by atoms with Gasteiger partial charge in [-0.15, -0.1) is 0 Å². The molecule has 0 saturated heterocycles. The quantitative estimate of drug-likeness (QED) is 0.814. The van der Waals surface area contributed by atoms with Crippen LogP contribution in [0.5, 0.6) is 0 Å². The molecular weight excluding hydrogens is 252 g/mol. The Bertz CT molecular complexity index is 560. The van der Waals surface area contributed by atoms with Gasteiger partial charge >= 0.3 is 0 Å². The number of hydrogen-bond donors (Lipinski definition) is 0. The van der Waals surface area contributed by atoms with Gasteiger partial charge in [-0.3, -0.25) is 0 Å². The van der Waals surface area contributed by atoms with Crippen molar-refractivity contribution in [3.63, 3.8) is 0 Å². The lowest BCUT2D eigenvalue weighted by Gasteiger charge is -2.03. The fraction of sp³-hybridized carbons (Fsp3) is 0.0833. The number of nitriles is 1. The summed E-state index contributed by atoms with van der Waals surface area (Å²) in [7, 11) is 0. The molecule has 0 atom stereocenters. The molecule has 0 saturated carbocycles. The standard InChI is InChI=1S/C12H9BrN2/c1-9(13)8-15-6-5-11-10(7-14)3-2-4-12(11)15/h2-6H,1,8H2. The van der Waals surface area contributed by atoms with E-state index in [1.165, 1.54) is 0 Å². The van der Waals surface area contributed by atoms with Gasteiger partial charge in [-0.25, -0.2) is 0 Å². The maximum atomic E-state index is 8.94. The van der Waals surface area contributed by atoms with Gasteiger partial charge in [0.25, 0.3) is 0 Å². The Kier molecular flexibility index (Phi) is 2.61. The van der Waals surface area contributed by atoms with Gasteiger partial charge in [0.2, 0.25) is 0 Å². The highest BCUT2D eigenvalue weighted by Crippen LogP contribution is 2.21. The van der Waals surface area contributed by atoms with Crippen LogP contribution in [0.3, 0.4) is 0 Å². The topological polar surface area (TPSA) is 28.7 Å². The minimum Gasteiger partial charge on any atom is -0.343 e. The summed E-state index contributed by atoms with van der Waals surface area (Å²) in [6.07, 6.45) is 1.97. The average Bonchev–Trinajstić information content (AvgIpc) is 2.61. The van der Waals surface area contributed by atoms with Gasteiger partial charge in [-0.2, -0.15) is 5.26 Å². The third kappa shape index (κ3) is 1.81. The highest BCUT2D eigenvalue weighted by Gasteiger charge is 2.04. The summed E-state index contributed by atoms with van der Waals surface area (Å²) < 4.78 is 2.98. The van der Waals surface area contributed by atoms with Crippen molar-refractivity contribution in [2.45, 2.75) is 6.54 Å².